The Kier molecular flexibility index (Phi) is 2.20. The van der Waals surface area contributed by atoms with Crippen LogP contribution in [0, 0.1) is 17.2 Å². The predicted octanol–water partition coefficient (Wildman–Crippen LogP) is 1.23. The van der Waals surface area contributed by atoms with Crippen molar-refractivity contribution >= 4 is 11.6 Å². The number of nitriles is 1. The van der Waals surface area contributed by atoms with Gasteiger partial charge in [0.1, 0.15) is 11.6 Å². The molecule has 15 heavy (non-hydrogen) atoms. The molecule has 1 saturated heterocycles. The highest BCUT2D eigenvalue weighted by Crippen LogP contribution is 2.29. The van der Waals surface area contributed by atoms with Gasteiger partial charge in [-0.2, -0.15) is 5.26 Å². The van der Waals surface area contributed by atoms with E-state index in [2.05, 4.69) is 4.99 Å². The molecule has 0 aromatic carbocycles. The van der Waals surface area contributed by atoms with Crippen molar-refractivity contribution < 1.29 is 9.53 Å². The largest absolute Gasteiger partial charge is 0.374 e. The first kappa shape index (κ1) is 10.1. The highest BCUT2D eigenvalue weighted by atomic mass is 16.5. The van der Waals surface area contributed by atoms with Crippen molar-refractivity contribution in [2.24, 2.45) is 10.9 Å². The van der Waals surface area contributed by atoms with E-state index in [-0.39, 0.29) is 17.1 Å². The number of rotatable bonds is 0. The van der Waals surface area contributed by atoms with Crippen molar-refractivity contribution in [1.82, 2.24) is 0 Å². The Morgan fingerprint density at radius 2 is 2.40 bits per heavy atom. The molecule has 78 valence electrons. The lowest BCUT2D eigenvalue weighted by Gasteiger charge is -2.35. The van der Waals surface area contributed by atoms with Crippen molar-refractivity contribution in [2.45, 2.75) is 25.9 Å². The molecule has 1 atom stereocenters. The van der Waals surface area contributed by atoms with Gasteiger partial charge >= 0.3 is 0 Å². The summed E-state index contributed by atoms with van der Waals surface area (Å²) < 4.78 is 5.62. The van der Waals surface area contributed by atoms with Crippen LogP contribution in [0.1, 0.15) is 20.3 Å². The maximum atomic E-state index is 11.4. The Bertz CT molecular complexity index is 413. The molecule has 2 heterocycles. The van der Waals surface area contributed by atoms with E-state index in [0.717, 1.165) is 5.71 Å². The monoisotopic (exact) mass is 204 g/mol. The average molecular weight is 204 g/mol. The molecule has 1 unspecified atom stereocenters. The van der Waals surface area contributed by atoms with Gasteiger partial charge < -0.3 is 4.74 Å². The van der Waals surface area contributed by atoms with Crippen LogP contribution in [0.5, 0.6) is 0 Å². The van der Waals surface area contributed by atoms with Crippen LogP contribution in [-0.4, -0.2) is 23.8 Å². The van der Waals surface area contributed by atoms with E-state index >= 15 is 0 Å². The third-order valence-electron chi connectivity index (χ3n) is 2.65. The number of hydrogen-bond donors (Lipinski definition) is 0. The van der Waals surface area contributed by atoms with E-state index in [9.17, 15) is 4.79 Å². The number of amides is 1. The predicted molar refractivity (Wildman–Crippen MR) is 54.3 cm³/mol. The summed E-state index contributed by atoms with van der Waals surface area (Å²) in [5.41, 5.74) is 0.718. The van der Waals surface area contributed by atoms with Crippen LogP contribution in [0.3, 0.4) is 0 Å². The molecule has 1 amide bonds. The summed E-state index contributed by atoms with van der Waals surface area (Å²) in [5.74, 6) is -0.410. The summed E-state index contributed by atoms with van der Waals surface area (Å²) in [6.45, 7) is 4.45. The number of hydrogen-bond acceptors (Lipinski definition) is 3. The second-order valence-electron chi connectivity index (χ2n) is 4.45. The van der Waals surface area contributed by atoms with Crippen LogP contribution in [0.25, 0.3) is 0 Å². The molecular weight excluding hydrogens is 192 g/mol. The zero-order valence-corrected chi connectivity index (χ0v) is 8.78. The standard InChI is InChI=1S/C11H12N2O2/c1-11(2)4-9-8(6-15-11)3-7(5-12)10(14)13-9/h3,8H,4,6H2,1-2H3. The molecule has 1 fully saturated rings. The average Bonchev–Trinajstić information content (AvgIpc) is 2.15. The van der Waals surface area contributed by atoms with E-state index in [1.165, 1.54) is 0 Å². The van der Waals surface area contributed by atoms with Gasteiger partial charge in [0.25, 0.3) is 5.91 Å². The zero-order chi connectivity index (χ0) is 11.1. The maximum Gasteiger partial charge on any atom is 0.287 e. The fraction of sp³-hybridized carbons (Fsp3) is 0.545. The van der Waals surface area contributed by atoms with E-state index in [1.54, 1.807) is 6.08 Å². The lowest BCUT2D eigenvalue weighted by atomic mass is 9.86. The van der Waals surface area contributed by atoms with Gasteiger partial charge in [0, 0.05) is 18.1 Å². The number of dihydropyridines is 1. The second-order valence-corrected chi connectivity index (χ2v) is 4.45. The van der Waals surface area contributed by atoms with Crippen LogP contribution in [0.2, 0.25) is 0 Å². The van der Waals surface area contributed by atoms with Gasteiger partial charge in [-0.05, 0) is 19.9 Å². The first-order valence-corrected chi connectivity index (χ1v) is 4.89. The lowest BCUT2D eigenvalue weighted by molar-refractivity contribution is -0.114. The van der Waals surface area contributed by atoms with Gasteiger partial charge in [0.05, 0.1) is 12.2 Å². The SMILES string of the molecule is CC1(C)CC2=NC(=O)C(C#N)=CC2CO1. The molecule has 4 nitrogen and oxygen atoms in total. The quantitative estimate of drug-likeness (QED) is 0.596. The number of aliphatic imine (C=N–C) groups is 1. The summed E-state index contributed by atoms with van der Waals surface area (Å²) in [4.78, 5) is 15.3. The number of carbonyl (C=O) groups excluding carboxylic acids is 1. The zero-order valence-electron chi connectivity index (χ0n) is 8.78. The van der Waals surface area contributed by atoms with E-state index in [1.807, 2.05) is 19.9 Å². The minimum Gasteiger partial charge on any atom is -0.374 e. The van der Waals surface area contributed by atoms with Crippen LogP contribution >= 0.6 is 0 Å². The Morgan fingerprint density at radius 3 is 3.07 bits per heavy atom. The van der Waals surface area contributed by atoms with Gasteiger partial charge in [-0.3, -0.25) is 4.79 Å². The van der Waals surface area contributed by atoms with Crippen LogP contribution in [-0.2, 0) is 9.53 Å². The summed E-state index contributed by atoms with van der Waals surface area (Å²) >= 11 is 0. The van der Waals surface area contributed by atoms with Gasteiger partial charge in [0.15, 0.2) is 0 Å². The third-order valence-corrected chi connectivity index (χ3v) is 2.65. The molecule has 0 saturated carbocycles. The summed E-state index contributed by atoms with van der Waals surface area (Å²) in [6.07, 6.45) is 2.32. The smallest absolute Gasteiger partial charge is 0.287 e. The highest BCUT2D eigenvalue weighted by Gasteiger charge is 2.35. The molecule has 0 aromatic heterocycles. The maximum absolute atomic E-state index is 11.4. The Balaban J connectivity index is 2.28. The number of ether oxygens (including phenoxy) is 1. The van der Waals surface area contributed by atoms with Crippen LogP contribution in [0.15, 0.2) is 16.6 Å². The molecule has 0 aliphatic carbocycles. The van der Waals surface area contributed by atoms with Crippen molar-refractivity contribution in [1.29, 1.82) is 5.26 Å². The summed E-state index contributed by atoms with van der Waals surface area (Å²) in [6, 6.07) is 1.86. The van der Waals surface area contributed by atoms with Gasteiger partial charge in [-0.1, -0.05) is 0 Å². The molecule has 0 aromatic rings. The number of carbonyl (C=O) groups is 1. The molecule has 2 aliphatic heterocycles. The second kappa shape index (κ2) is 3.28. The molecule has 0 radical (unpaired) electrons. The van der Waals surface area contributed by atoms with E-state index in [4.69, 9.17) is 10.00 Å². The van der Waals surface area contributed by atoms with Crippen molar-refractivity contribution in [3.63, 3.8) is 0 Å². The molecule has 2 rings (SSSR count). The first-order valence-electron chi connectivity index (χ1n) is 4.89. The van der Waals surface area contributed by atoms with Crippen molar-refractivity contribution in [3.05, 3.63) is 11.6 Å². The molecular formula is C11H12N2O2. The Morgan fingerprint density at radius 1 is 1.67 bits per heavy atom. The number of nitrogens with zero attached hydrogens (tertiary/aromatic N) is 2. The lowest BCUT2D eigenvalue weighted by Crippen LogP contribution is -2.41. The fourth-order valence-electron chi connectivity index (χ4n) is 1.84. The summed E-state index contributed by atoms with van der Waals surface area (Å²) in [7, 11) is 0. The van der Waals surface area contributed by atoms with E-state index in [0.29, 0.717) is 13.0 Å². The Labute approximate surface area is 88.3 Å². The van der Waals surface area contributed by atoms with Gasteiger partial charge in [-0.15, -0.1) is 0 Å². The molecule has 0 spiro atoms. The first-order chi connectivity index (χ1) is 7.02. The van der Waals surface area contributed by atoms with Crippen molar-refractivity contribution in [3.8, 4) is 6.07 Å². The topological polar surface area (TPSA) is 62.5 Å². The normalized spacial score (nSPS) is 28.6. The molecule has 2 aliphatic rings. The van der Waals surface area contributed by atoms with Crippen LogP contribution < -0.4 is 0 Å². The minimum absolute atomic E-state index is 0.00498. The third kappa shape index (κ3) is 1.83. The van der Waals surface area contributed by atoms with Gasteiger partial charge in [0.2, 0.25) is 0 Å². The Hall–Kier alpha value is -1.47. The number of fused-ring (bicyclic) bond motifs is 1. The molecule has 0 N–H and O–H groups in total. The minimum atomic E-state index is -0.415. The van der Waals surface area contributed by atoms with Crippen LogP contribution in [0.4, 0.5) is 0 Å². The highest BCUT2D eigenvalue weighted by molar-refractivity contribution is 6.10. The molecule has 0 bridgehead atoms. The van der Waals surface area contributed by atoms with Gasteiger partial charge in [-0.25, -0.2) is 4.99 Å². The van der Waals surface area contributed by atoms with Crippen molar-refractivity contribution in [2.75, 3.05) is 6.61 Å². The molecule has 4 heteroatoms. The summed E-state index contributed by atoms with van der Waals surface area (Å²) in [5, 5.41) is 8.71. The van der Waals surface area contributed by atoms with E-state index < -0.39 is 5.91 Å². The fourth-order valence-corrected chi connectivity index (χ4v) is 1.84.